The van der Waals surface area contributed by atoms with E-state index in [-0.39, 0.29) is 17.9 Å². The third-order valence-corrected chi connectivity index (χ3v) is 2.71. The average Bonchev–Trinajstić information content (AvgIpc) is 2.63. The molecule has 0 aliphatic heterocycles. The van der Waals surface area contributed by atoms with Crippen LogP contribution < -0.4 is 11.1 Å². The van der Waals surface area contributed by atoms with E-state index in [4.69, 9.17) is 5.73 Å². The summed E-state index contributed by atoms with van der Waals surface area (Å²) in [6.07, 6.45) is 4.60. The molecular weight excluding hydrogens is 216 g/mol. The Labute approximate surface area is 102 Å². The molecule has 1 aromatic rings. The number of nitrogens with two attached hydrogens (primary N) is 1. The normalized spacial score (nSPS) is 14.4. The minimum atomic E-state index is -0.00393. The van der Waals surface area contributed by atoms with Crippen molar-refractivity contribution in [1.82, 2.24) is 9.78 Å². The number of aryl methyl sites for hydroxylation is 1. The van der Waals surface area contributed by atoms with Crippen LogP contribution in [-0.4, -0.2) is 21.7 Å². The van der Waals surface area contributed by atoms with Crippen molar-refractivity contribution in [2.75, 3.05) is 5.32 Å². The first-order valence-electron chi connectivity index (χ1n) is 6.05. The molecule has 1 aromatic heterocycles. The van der Waals surface area contributed by atoms with Gasteiger partial charge in [0.1, 0.15) is 0 Å². The highest BCUT2D eigenvalue weighted by Crippen LogP contribution is 2.11. The van der Waals surface area contributed by atoms with Gasteiger partial charge in [0.15, 0.2) is 5.82 Å². The van der Waals surface area contributed by atoms with Crippen molar-refractivity contribution in [3.05, 3.63) is 12.3 Å². The van der Waals surface area contributed by atoms with Gasteiger partial charge in [0.25, 0.3) is 0 Å². The number of nitrogens with zero attached hydrogens (tertiary/aromatic N) is 2. The van der Waals surface area contributed by atoms with E-state index in [0.29, 0.717) is 5.82 Å². The van der Waals surface area contributed by atoms with Crippen LogP contribution in [0.1, 0.15) is 33.1 Å². The van der Waals surface area contributed by atoms with Crippen LogP contribution in [0.25, 0.3) is 0 Å². The number of carbonyl (C=O) groups is 1. The summed E-state index contributed by atoms with van der Waals surface area (Å²) in [5, 5.41) is 6.90. The number of hydrogen-bond donors (Lipinski definition) is 2. The molecule has 2 atom stereocenters. The van der Waals surface area contributed by atoms with Gasteiger partial charge in [-0.15, -0.1) is 0 Å². The standard InChI is InChI=1S/C12H22N4O/c1-9(5-4-6-10(2)13)12(17)14-11-7-8-16(3)15-11/h7-10H,4-6,13H2,1-3H3,(H,14,15,17). The average molecular weight is 238 g/mol. The Morgan fingerprint density at radius 2 is 2.24 bits per heavy atom. The number of nitrogens with one attached hydrogen (secondary N) is 1. The third-order valence-electron chi connectivity index (χ3n) is 2.71. The zero-order chi connectivity index (χ0) is 12.8. The highest BCUT2D eigenvalue weighted by atomic mass is 16.1. The first-order chi connectivity index (χ1) is 7.99. The lowest BCUT2D eigenvalue weighted by atomic mass is 10.0. The van der Waals surface area contributed by atoms with Crippen LogP contribution in [0.15, 0.2) is 12.3 Å². The van der Waals surface area contributed by atoms with Gasteiger partial charge < -0.3 is 11.1 Å². The lowest BCUT2D eigenvalue weighted by molar-refractivity contribution is -0.119. The molecule has 0 aliphatic carbocycles. The second-order valence-corrected chi connectivity index (χ2v) is 4.67. The van der Waals surface area contributed by atoms with Crippen LogP contribution in [0.5, 0.6) is 0 Å². The second kappa shape index (κ2) is 6.39. The van der Waals surface area contributed by atoms with Crippen molar-refractivity contribution < 1.29 is 4.79 Å². The first kappa shape index (κ1) is 13.7. The Bertz CT molecular complexity index is 359. The smallest absolute Gasteiger partial charge is 0.228 e. The second-order valence-electron chi connectivity index (χ2n) is 4.67. The predicted octanol–water partition coefficient (Wildman–Crippen LogP) is 1.51. The minimum Gasteiger partial charge on any atom is -0.328 e. The molecule has 3 N–H and O–H groups in total. The lowest BCUT2D eigenvalue weighted by Crippen LogP contribution is -2.21. The highest BCUT2D eigenvalue weighted by Gasteiger charge is 2.13. The van der Waals surface area contributed by atoms with E-state index in [1.165, 1.54) is 0 Å². The maximum atomic E-state index is 11.8. The van der Waals surface area contributed by atoms with E-state index in [9.17, 15) is 4.79 Å². The van der Waals surface area contributed by atoms with Gasteiger partial charge in [0.05, 0.1) is 0 Å². The molecule has 0 radical (unpaired) electrons. The SMILES string of the molecule is CC(N)CCCC(C)C(=O)Nc1ccn(C)n1. The van der Waals surface area contributed by atoms with Crippen molar-refractivity contribution >= 4 is 11.7 Å². The molecule has 0 aromatic carbocycles. The molecule has 0 saturated heterocycles. The number of aromatic nitrogens is 2. The summed E-state index contributed by atoms with van der Waals surface area (Å²) in [4.78, 5) is 11.8. The number of anilines is 1. The van der Waals surface area contributed by atoms with E-state index in [2.05, 4.69) is 10.4 Å². The Hall–Kier alpha value is -1.36. The maximum Gasteiger partial charge on any atom is 0.228 e. The van der Waals surface area contributed by atoms with Gasteiger partial charge in [0.2, 0.25) is 5.91 Å². The van der Waals surface area contributed by atoms with Gasteiger partial charge in [-0.05, 0) is 19.8 Å². The Balaban J connectivity index is 2.32. The van der Waals surface area contributed by atoms with Crippen LogP contribution >= 0.6 is 0 Å². The zero-order valence-electron chi connectivity index (χ0n) is 10.8. The lowest BCUT2D eigenvalue weighted by Gasteiger charge is -2.11. The van der Waals surface area contributed by atoms with Crippen LogP contribution in [0.3, 0.4) is 0 Å². The quantitative estimate of drug-likeness (QED) is 0.789. The van der Waals surface area contributed by atoms with Gasteiger partial charge in [0, 0.05) is 31.3 Å². The summed E-state index contributed by atoms with van der Waals surface area (Å²) in [5.74, 6) is 0.626. The molecule has 96 valence electrons. The van der Waals surface area contributed by atoms with Crippen LogP contribution in [-0.2, 0) is 11.8 Å². The monoisotopic (exact) mass is 238 g/mol. The van der Waals surface area contributed by atoms with E-state index in [0.717, 1.165) is 19.3 Å². The summed E-state index contributed by atoms with van der Waals surface area (Å²) >= 11 is 0. The maximum absolute atomic E-state index is 11.8. The molecule has 1 rings (SSSR count). The van der Waals surface area contributed by atoms with Gasteiger partial charge in [-0.2, -0.15) is 5.10 Å². The van der Waals surface area contributed by atoms with E-state index < -0.39 is 0 Å². The molecule has 5 nitrogen and oxygen atoms in total. The number of carbonyl (C=O) groups excluding carboxylic acids is 1. The molecule has 17 heavy (non-hydrogen) atoms. The molecule has 0 aliphatic rings. The van der Waals surface area contributed by atoms with Gasteiger partial charge >= 0.3 is 0 Å². The molecule has 0 spiro atoms. The number of hydrogen-bond acceptors (Lipinski definition) is 3. The van der Waals surface area contributed by atoms with Gasteiger partial charge in [-0.25, -0.2) is 0 Å². The fraction of sp³-hybridized carbons (Fsp3) is 0.667. The van der Waals surface area contributed by atoms with Crippen molar-refractivity contribution in [2.24, 2.45) is 18.7 Å². The molecule has 1 amide bonds. The Morgan fingerprint density at radius 3 is 2.76 bits per heavy atom. The summed E-state index contributed by atoms with van der Waals surface area (Å²) in [7, 11) is 1.82. The zero-order valence-corrected chi connectivity index (χ0v) is 10.8. The molecule has 0 bridgehead atoms. The molecular formula is C12H22N4O. The summed E-state index contributed by atoms with van der Waals surface area (Å²) in [6.45, 7) is 3.91. The van der Waals surface area contributed by atoms with Crippen LogP contribution in [0.2, 0.25) is 0 Å². The van der Waals surface area contributed by atoms with Crippen LogP contribution in [0, 0.1) is 5.92 Å². The third kappa shape index (κ3) is 4.99. The highest BCUT2D eigenvalue weighted by molar-refractivity contribution is 5.91. The molecule has 0 saturated carbocycles. The van der Waals surface area contributed by atoms with Crippen molar-refractivity contribution in [2.45, 2.75) is 39.2 Å². The number of amides is 1. The topological polar surface area (TPSA) is 72.9 Å². The van der Waals surface area contributed by atoms with Crippen molar-refractivity contribution in [3.8, 4) is 0 Å². The molecule has 0 fully saturated rings. The number of rotatable bonds is 6. The van der Waals surface area contributed by atoms with Crippen molar-refractivity contribution in [3.63, 3.8) is 0 Å². The largest absolute Gasteiger partial charge is 0.328 e. The molecule has 2 unspecified atom stereocenters. The fourth-order valence-electron chi connectivity index (χ4n) is 1.61. The molecule has 1 heterocycles. The minimum absolute atomic E-state index is 0.00393. The van der Waals surface area contributed by atoms with Gasteiger partial charge in [-0.3, -0.25) is 9.48 Å². The summed E-state index contributed by atoms with van der Waals surface area (Å²) < 4.78 is 1.66. The molecule has 5 heteroatoms. The summed E-state index contributed by atoms with van der Waals surface area (Å²) in [5.41, 5.74) is 5.67. The Morgan fingerprint density at radius 1 is 1.53 bits per heavy atom. The van der Waals surface area contributed by atoms with E-state index in [1.54, 1.807) is 16.9 Å². The predicted molar refractivity (Wildman–Crippen MR) is 68.5 cm³/mol. The first-order valence-corrected chi connectivity index (χ1v) is 6.05. The van der Waals surface area contributed by atoms with E-state index in [1.807, 2.05) is 20.9 Å². The fourth-order valence-corrected chi connectivity index (χ4v) is 1.61. The van der Waals surface area contributed by atoms with Gasteiger partial charge in [-0.1, -0.05) is 13.3 Å². The Kier molecular flexibility index (Phi) is 5.15. The van der Waals surface area contributed by atoms with E-state index >= 15 is 0 Å². The van der Waals surface area contributed by atoms with Crippen molar-refractivity contribution in [1.29, 1.82) is 0 Å². The van der Waals surface area contributed by atoms with Crippen LogP contribution in [0.4, 0.5) is 5.82 Å². The summed E-state index contributed by atoms with van der Waals surface area (Å²) in [6, 6.07) is 1.99.